The van der Waals surface area contributed by atoms with Gasteiger partial charge in [-0.25, -0.2) is 9.55 Å². The average molecular weight is 479 g/mol. The lowest BCUT2D eigenvalue weighted by Crippen LogP contribution is -2.06. The van der Waals surface area contributed by atoms with Gasteiger partial charge in [-0.15, -0.1) is 0 Å². The second-order valence-electron chi connectivity index (χ2n) is 8.91. The molecule has 0 unspecified atom stereocenters. The van der Waals surface area contributed by atoms with Crippen LogP contribution in [0, 0.1) is 0 Å². The number of furan rings is 2. The zero-order valence-electron chi connectivity index (χ0n) is 19.5. The molecule has 0 spiro atoms. The van der Waals surface area contributed by atoms with Crippen LogP contribution in [0.4, 0.5) is 0 Å². The molecule has 0 N–H and O–H groups in total. The lowest BCUT2D eigenvalue weighted by atomic mass is 10.1. The van der Waals surface area contributed by atoms with Crippen LogP contribution in [0.15, 0.2) is 118 Å². The molecule has 8 aromatic rings. The van der Waals surface area contributed by atoms with Gasteiger partial charge in [-0.1, -0.05) is 97.1 Å². The van der Waals surface area contributed by atoms with Crippen molar-refractivity contribution in [2.24, 2.45) is 0 Å². The highest BCUT2D eigenvalue weighted by molar-refractivity contribution is 6.26. The molecule has 0 aliphatic heterocycles. The van der Waals surface area contributed by atoms with Crippen LogP contribution in [-0.4, -0.2) is 19.5 Å². The van der Waals surface area contributed by atoms with Crippen molar-refractivity contribution in [2.75, 3.05) is 0 Å². The minimum absolute atomic E-state index is 0.436. The van der Waals surface area contributed by atoms with Crippen molar-refractivity contribution >= 4 is 44.1 Å². The highest BCUT2D eigenvalue weighted by Crippen LogP contribution is 2.43. The molecule has 0 aliphatic carbocycles. The van der Waals surface area contributed by atoms with Gasteiger partial charge in [0.15, 0.2) is 11.6 Å². The fraction of sp³-hybridized carbons (Fsp3) is 0. The molecule has 6 nitrogen and oxygen atoms in total. The highest BCUT2D eigenvalue weighted by atomic mass is 16.4. The Bertz CT molecular complexity index is 1940. The average Bonchev–Trinajstić information content (AvgIpc) is 3.61. The Labute approximate surface area is 210 Å². The maximum Gasteiger partial charge on any atom is 0.243 e. The van der Waals surface area contributed by atoms with Crippen molar-refractivity contribution in [3.05, 3.63) is 109 Å². The molecule has 0 bridgehead atoms. The van der Waals surface area contributed by atoms with Crippen LogP contribution in [0.1, 0.15) is 0 Å². The van der Waals surface area contributed by atoms with Crippen LogP contribution in [0.3, 0.4) is 0 Å². The van der Waals surface area contributed by atoms with Crippen molar-refractivity contribution < 1.29 is 8.83 Å². The van der Waals surface area contributed by atoms with E-state index in [1.54, 1.807) is 0 Å². The van der Waals surface area contributed by atoms with Crippen LogP contribution >= 0.6 is 0 Å². The molecule has 0 aliphatic rings. The first-order valence-electron chi connectivity index (χ1n) is 12.1. The Morgan fingerprint density at radius 3 is 1.38 bits per heavy atom. The van der Waals surface area contributed by atoms with Crippen molar-refractivity contribution in [1.82, 2.24) is 19.5 Å². The summed E-state index contributed by atoms with van der Waals surface area (Å²) in [5.74, 6) is 1.59. The Morgan fingerprint density at radius 2 is 0.892 bits per heavy atom. The van der Waals surface area contributed by atoms with Gasteiger partial charge in [0, 0.05) is 21.9 Å². The fourth-order valence-electron chi connectivity index (χ4n) is 5.03. The largest absolute Gasteiger partial charge is 0.439 e. The van der Waals surface area contributed by atoms with Crippen LogP contribution in [-0.2, 0) is 0 Å². The summed E-state index contributed by atoms with van der Waals surface area (Å²) in [5, 5.41) is 4.01. The van der Waals surface area contributed by atoms with Gasteiger partial charge in [-0.2, -0.15) is 9.97 Å². The van der Waals surface area contributed by atoms with Gasteiger partial charge >= 0.3 is 0 Å². The zero-order valence-corrected chi connectivity index (χ0v) is 19.5. The second kappa shape index (κ2) is 7.63. The second-order valence-corrected chi connectivity index (χ2v) is 8.91. The molecule has 0 radical (unpaired) electrons. The third-order valence-corrected chi connectivity index (χ3v) is 6.70. The number of rotatable bonds is 3. The molecule has 4 heterocycles. The van der Waals surface area contributed by atoms with E-state index in [-0.39, 0.29) is 0 Å². The van der Waals surface area contributed by atoms with E-state index < -0.39 is 0 Å². The van der Waals surface area contributed by atoms with E-state index in [9.17, 15) is 0 Å². The number of benzene rings is 4. The Morgan fingerprint density at radius 1 is 0.459 bits per heavy atom. The molecule has 174 valence electrons. The van der Waals surface area contributed by atoms with Crippen molar-refractivity contribution in [3.63, 3.8) is 0 Å². The summed E-state index contributed by atoms with van der Waals surface area (Å²) in [4.78, 5) is 14.7. The van der Waals surface area contributed by atoms with E-state index in [0.29, 0.717) is 29.0 Å². The van der Waals surface area contributed by atoms with Gasteiger partial charge < -0.3 is 8.83 Å². The summed E-state index contributed by atoms with van der Waals surface area (Å²) in [7, 11) is 0. The number of nitrogens with zero attached hydrogens (tertiary/aromatic N) is 4. The summed E-state index contributed by atoms with van der Waals surface area (Å²) >= 11 is 0. The summed E-state index contributed by atoms with van der Waals surface area (Å²) in [6.45, 7) is 0. The number of hydrogen-bond acceptors (Lipinski definition) is 5. The van der Waals surface area contributed by atoms with Crippen LogP contribution in [0.25, 0.3) is 72.9 Å². The fourth-order valence-corrected chi connectivity index (χ4v) is 5.03. The van der Waals surface area contributed by atoms with Crippen LogP contribution in [0.2, 0.25) is 0 Å². The van der Waals surface area contributed by atoms with Crippen LogP contribution < -0.4 is 0 Å². The minimum Gasteiger partial charge on any atom is -0.439 e. The van der Waals surface area contributed by atoms with E-state index in [2.05, 4.69) is 12.1 Å². The highest BCUT2D eigenvalue weighted by Gasteiger charge is 2.26. The number of hydrogen-bond donors (Lipinski definition) is 0. The smallest absolute Gasteiger partial charge is 0.243 e. The molecule has 8 rings (SSSR count). The minimum atomic E-state index is 0.436. The molecule has 0 fully saturated rings. The first kappa shape index (κ1) is 20.0. The standard InChI is InChI=1S/C31H18N4O2/c1-3-11-19(12-4-1)27-32-28(20-13-5-2-6-14-20)34-31(33-27)35-29-25(21-15-7-9-17-23(21)36-29)26-22-16-8-10-18-24(22)37-30(26)35/h1-18H. The van der Waals surface area contributed by atoms with Gasteiger partial charge in [-0.05, 0) is 12.1 Å². The topological polar surface area (TPSA) is 69.9 Å². The molecule has 4 aromatic heterocycles. The Balaban J connectivity index is 1.52. The quantitative estimate of drug-likeness (QED) is 0.259. The molecule has 37 heavy (non-hydrogen) atoms. The summed E-state index contributed by atoms with van der Waals surface area (Å²) in [5.41, 5.74) is 4.69. The molecule has 0 atom stereocenters. The normalized spacial score (nSPS) is 11.8. The molecule has 6 heteroatoms. The maximum atomic E-state index is 6.42. The predicted molar refractivity (Wildman–Crippen MR) is 145 cm³/mol. The van der Waals surface area contributed by atoms with E-state index in [4.69, 9.17) is 23.8 Å². The van der Waals surface area contributed by atoms with Gasteiger partial charge in [0.25, 0.3) is 0 Å². The molecule has 4 aromatic carbocycles. The summed E-state index contributed by atoms with van der Waals surface area (Å²) < 4.78 is 14.7. The monoisotopic (exact) mass is 478 g/mol. The van der Waals surface area contributed by atoms with Crippen LogP contribution in [0.5, 0.6) is 0 Å². The Kier molecular flexibility index (Phi) is 4.13. The predicted octanol–water partition coefficient (Wildman–Crippen LogP) is 7.80. The Hall–Kier alpha value is -5.23. The molecule has 0 saturated carbocycles. The number of para-hydroxylation sites is 2. The first-order chi connectivity index (χ1) is 18.3. The van der Waals surface area contributed by atoms with Crippen molar-refractivity contribution in [2.45, 2.75) is 0 Å². The van der Waals surface area contributed by atoms with E-state index in [1.807, 2.05) is 102 Å². The van der Waals surface area contributed by atoms with Crippen molar-refractivity contribution in [1.29, 1.82) is 0 Å². The third-order valence-electron chi connectivity index (χ3n) is 6.70. The zero-order chi connectivity index (χ0) is 24.3. The van der Waals surface area contributed by atoms with E-state index in [0.717, 1.165) is 43.8 Å². The molecular weight excluding hydrogens is 460 g/mol. The maximum absolute atomic E-state index is 6.42. The lowest BCUT2D eigenvalue weighted by molar-refractivity contribution is 0.608. The van der Waals surface area contributed by atoms with E-state index in [1.165, 1.54) is 0 Å². The molecule has 0 saturated heterocycles. The SMILES string of the molecule is c1ccc(-c2nc(-c3ccccc3)nc(-n3c4oc5ccccc5c4c4c5ccccc5oc43)n2)cc1. The van der Waals surface area contributed by atoms with Gasteiger partial charge in [0.05, 0.1) is 10.8 Å². The third kappa shape index (κ3) is 2.96. The van der Waals surface area contributed by atoms with Gasteiger partial charge in [-0.3, -0.25) is 0 Å². The van der Waals surface area contributed by atoms with Gasteiger partial charge in [0.2, 0.25) is 17.4 Å². The molecular formula is C31H18N4O2. The molecule has 0 amide bonds. The number of fused-ring (bicyclic) bond motifs is 7. The van der Waals surface area contributed by atoms with Crippen molar-refractivity contribution in [3.8, 4) is 28.7 Å². The summed E-state index contributed by atoms with van der Waals surface area (Å²) in [6.07, 6.45) is 0. The first-order valence-corrected chi connectivity index (χ1v) is 12.1. The lowest BCUT2D eigenvalue weighted by Gasteiger charge is -2.08. The van der Waals surface area contributed by atoms with Gasteiger partial charge in [0.1, 0.15) is 11.2 Å². The van der Waals surface area contributed by atoms with E-state index >= 15 is 0 Å². The summed E-state index contributed by atoms with van der Waals surface area (Å²) in [6, 6.07) is 36.0. The number of aromatic nitrogens is 4.